The van der Waals surface area contributed by atoms with E-state index in [2.05, 4.69) is 44.3 Å². The van der Waals surface area contributed by atoms with Gasteiger partial charge in [-0.1, -0.05) is 54.4 Å². The molecule has 0 unspecified atom stereocenters. The minimum atomic E-state index is 0.0740. The summed E-state index contributed by atoms with van der Waals surface area (Å²) in [6.45, 7) is 6.29. The molecule has 0 spiro atoms. The molecule has 1 amide bonds. The summed E-state index contributed by atoms with van der Waals surface area (Å²) in [6, 6.07) is 14.2. The standard InChI is InChI=1S/C20H24ClNOS/c1-4-19(18-9-8-14(2)10-15(18)3)22-20(23)13-24-12-16-6-5-7-17(21)11-16/h5-11,19H,4,12-13H2,1-3H3,(H,22,23)/t19-/m0/s1. The van der Waals surface area contributed by atoms with Crippen molar-refractivity contribution in [2.75, 3.05) is 5.75 Å². The smallest absolute Gasteiger partial charge is 0.230 e. The van der Waals surface area contributed by atoms with Crippen LogP contribution in [0.15, 0.2) is 42.5 Å². The van der Waals surface area contributed by atoms with Crippen molar-refractivity contribution in [1.82, 2.24) is 5.32 Å². The summed E-state index contributed by atoms with van der Waals surface area (Å²) >= 11 is 7.59. The fraction of sp³-hybridized carbons (Fsp3) is 0.350. The van der Waals surface area contributed by atoms with Gasteiger partial charge in [-0.15, -0.1) is 11.8 Å². The number of halogens is 1. The third kappa shape index (κ3) is 5.57. The predicted octanol–water partition coefficient (Wildman–Crippen LogP) is 5.46. The van der Waals surface area contributed by atoms with Crippen LogP contribution in [-0.4, -0.2) is 11.7 Å². The summed E-state index contributed by atoms with van der Waals surface area (Å²) in [5, 5.41) is 3.89. The van der Waals surface area contributed by atoms with Crippen LogP contribution in [0, 0.1) is 13.8 Å². The summed E-state index contributed by atoms with van der Waals surface area (Å²) in [5.74, 6) is 1.32. The van der Waals surface area contributed by atoms with Gasteiger partial charge in [-0.05, 0) is 49.1 Å². The molecule has 0 heterocycles. The first-order chi connectivity index (χ1) is 11.5. The number of aryl methyl sites for hydroxylation is 2. The quantitative estimate of drug-likeness (QED) is 0.709. The van der Waals surface area contributed by atoms with E-state index >= 15 is 0 Å². The molecule has 2 rings (SSSR count). The Hall–Kier alpha value is -1.45. The molecule has 2 aromatic carbocycles. The summed E-state index contributed by atoms with van der Waals surface area (Å²) in [5.41, 5.74) is 4.82. The molecule has 0 bridgehead atoms. The van der Waals surface area contributed by atoms with Crippen LogP contribution in [0.3, 0.4) is 0 Å². The van der Waals surface area contributed by atoms with E-state index in [1.54, 1.807) is 11.8 Å². The van der Waals surface area contributed by atoms with Crippen molar-refractivity contribution in [3.05, 3.63) is 69.7 Å². The van der Waals surface area contributed by atoms with Crippen LogP contribution in [0.1, 0.15) is 41.6 Å². The van der Waals surface area contributed by atoms with E-state index in [0.29, 0.717) is 5.75 Å². The van der Waals surface area contributed by atoms with E-state index in [4.69, 9.17) is 11.6 Å². The topological polar surface area (TPSA) is 29.1 Å². The maximum atomic E-state index is 12.3. The lowest BCUT2D eigenvalue weighted by Crippen LogP contribution is -2.30. The zero-order chi connectivity index (χ0) is 17.5. The SMILES string of the molecule is CC[C@H](NC(=O)CSCc1cccc(Cl)c1)c1ccc(C)cc1C. The van der Waals surface area contributed by atoms with Gasteiger partial charge in [0.15, 0.2) is 0 Å². The second-order valence-corrected chi connectivity index (χ2v) is 7.43. The molecule has 24 heavy (non-hydrogen) atoms. The highest BCUT2D eigenvalue weighted by Crippen LogP contribution is 2.22. The molecule has 0 aromatic heterocycles. The molecule has 0 aliphatic carbocycles. The average Bonchev–Trinajstić information content (AvgIpc) is 2.53. The monoisotopic (exact) mass is 361 g/mol. The Morgan fingerprint density at radius 3 is 2.67 bits per heavy atom. The molecule has 1 N–H and O–H groups in total. The predicted molar refractivity (Wildman–Crippen MR) is 105 cm³/mol. The summed E-state index contributed by atoms with van der Waals surface area (Å²) in [7, 11) is 0. The number of hydrogen-bond acceptors (Lipinski definition) is 2. The molecule has 0 radical (unpaired) electrons. The molecule has 2 nitrogen and oxygen atoms in total. The number of thioether (sulfide) groups is 1. The highest BCUT2D eigenvalue weighted by Gasteiger charge is 2.14. The van der Waals surface area contributed by atoms with Gasteiger partial charge in [0, 0.05) is 10.8 Å². The fourth-order valence-corrected chi connectivity index (χ4v) is 3.74. The van der Waals surface area contributed by atoms with Crippen LogP contribution < -0.4 is 5.32 Å². The third-order valence-corrected chi connectivity index (χ3v) is 5.17. The van der Waals surface area contributed by atoms with Crippen LogP contribution in [0.5, 0.6) is 0 Å². The molecular formula is C20H24ClNOS. The Morgan fingerprint density at radius 2 is 2.00 bits per heavy atom. The van der Waals surface area contributed by atoms with Crippen LogP contribution in [-0.2, 0) is 10.5 Å². The van der Waals surface area contributed by atoms with Crippen molar-refractivity contribution in [3.8, 4) is 0 Å². The van der Waals surface area contributed by atoms with E-state index in [9.17, 15) is 4.79 Å². The minimum absolute atomic E-state index is 0.0740. The second-order valence-electron chi connectivity index (χ2n) is 6.01. The molecule has 0 aliphatic rings. The van der Waals surface area contributed by atoms with Crippen molar-refractivity contribution >= 4 is 29.3 Å². The fourth-order valence-electron chi connectivity index (χ4n) is 2.74. The molecule has 0 saturated heterocycles. The van der Waals surface area contributed by atoms with Gasteiger partial charge >= 0.3 is 0 Å². The first-order valence-corrected chi connectivity index (χ1v) is 9.71. The summed E-state index contributed by atoms with van der Waals surface area (Å²) in [6.07, 6.45) is 0.884. The lowest BCUT2D eigenvalue weighted by atomic mass is 9.97. The lowest BCUT2D eigenvalue weighted by Gasteiger charge is -2.20. The van der Waals surface area contributed by atoms with Gasteiger partial charge in [-0.3, -0.25) is 4.79 Å². The number of amides is 1. The maximum absolute atomic E-state index is 12.3. The Balaban J connectivity index is 1.88. The minimum Gasteiger partial charge on any atom is -0.349 e. The Bertz CT molecular complexity index is 702. The van der Waals surface area contributed by atoms with Gasteiger partial charge in [0.2, 0.25) is 5.91 Å². The molecule has 128 valence electrons. The third-order valence-electron chi connectivity index (χ3n) is 3.94. The average molecular weight is 362 g/mol. The van der Waals surface area contributed by atoms with E-state index in [-0.39, 0.29) is 11.9 Å². The normalized spacial score (nSPS) is 12.0. The van der Waals surface area contributed by atoms with Gasteiger partial charge in [-0.25, -0.2) is 0 Å². The maximum Gasteiger partial charge on any atom is 0.230 e. The van der Waals surface area contributed by atoms with E-state index in [1.807, 2.05) is 24.3 Å². The van der Waals surface area contributed by atoms with Crippen molar-refractivity contribution in [2.45, 2.75) is 39.0 Å². The Morgan fingerprint density at radius 1 is 1.21 bits per heavy atom. The number of nitrogens with one attached hydrogen (secondary N) is 1. The molecule has 4 heteroatoms. The molecule has 2 aromatic rings. The van der Waals surface area contributed by atoms with Crippen molar-refractivity contribution in [1.29, 1.82) is 0 Å². The van der Waals surface area contributed by atoms with Crippen molar-refractivity contribution in [2.24, 2.45) is 0 Å². The summed E-state index contributed by atoms with van der Waals surface area (Å²) < 4.78 is 0. The van der Waals surface area contributed by atoms with Crippen LogP contribution in [0.4, 0.5) is 0 Å². The highest BCUT2D eigenvalue weighted by atomic mass is 35.5. The molecule has 0 fully saturated rings. The van der Waals surface area contributed by atoms with Gasteiger partial charge in [0.1, 0.15) is 0 Å². The Labute approximate surface area is 154 Å². The van der Waals surface area contributed by atoms with Gasteiger partial charge < -0.3 is 5.32 Å². The van der Waals surface area contributed by atoms with E-state index in [0.717, 1.165) is 22.8 Å². The van der Waals surface area contributed by atoms with Gasteiger partial charge in [-0.2, -0.15) is 0 Å². The largest absolute Gasteiger partial charge is 0.349 e. The number of benzene rings is 2. The lowest BCUT2D eigenvalue weighted by molar-refractivity contribution is -0.119. The highest BCUT2D eigenvalue weighted by molar-refractivity contribution is 7.99. The van der Waals surface area contributed by atoms with Gasteiger partial charge in [0.25, 0.3) is 0 Å². The molecule has 0 saturated carbocycles. The van der Waals surface area contributed by atoms with E-state index < -0.39 is 0 Å². The summed E-state index contributed by atoms with van der Waals surface area (Å²) in [4.78, 5) is 12.3. The first-order valence-electron chi connectivity index (χ1n) is 8.18. The number of carbonyl (C=O) groups is 1. The van der Waals surface area contributed by atoms with Crippen molar-refractivity contribution in [3.63, 3.8) is 0 Å². The molecule has 0 aliphatic heterocycles. The Kier molecular flexibility index (Phi) is 7.19. The number of hydrogen-bond donors (Lipinski definition) is 1. The number of rotatable bonds is 7. The zero-order valence-electron chi connectivity index (χ0n) is 14.4. The zero-order valence-corrected chi connectivity index (χ0v) is 16.0. The number of carbonyl (C=O) groups excluding carboxylic acids is 1. The first kappa shape index (κ1) is 18.9. The van der Waals surface area contributed by atoms with Gasteiger partial charge in [0.05, 0.1) is 11.8 Å². The van der Waals surface area contributed by atoms with Crippen LogP contribution in [0.25, 0.3) is 0 Å². The van der Waals surface area contributed by atoms with Crippen molar-refractivity contribution < 1.29 is 4.79 Å². The second kappa shape index (κ2) is 9.14. The van der Waals surface area contributed by atoms with Crippen LogP contribution >= 0.6 is 23.4 Å². The van der Waals surface area contributed by atoms with Crippen LogP contribution in [0.2, 0.25) is 5.02 Å². The molecular weight excluding hydrogens is 338 g/mol. The van der Waals surface area contributed by atoms with E-state index in [1.165, 1.54) is 16.7 Å². The molecule has 1 atom stereocenters.